The van der Waals surface area contributed by atoms with Crippen LogP contribution in [0.3, 0.4) is 0 Å². The summed E-state index contributed by atoms with van der Waals surface area (Å²) in [6.07, 6.45) is 1.62. The molecule has 4 aromatic rings. The summed E-state index contributed by atoms with van der Waals surface area (Å²) in [6.45, 7) is -0.0342. The van der Waals surface area contributed by atoms with E-state index in [0.29, 0.717) is 33.9 Å². The van der Waals surface area contributed by atoms with Crippen molar-refractivity contribution in [1.82, 2.24) is 34.3 Å². The highest BCUT2D eigenvalue weighted by Gasteiger charge is 2.41. The molecule has 0 radical (unpaired) electrons. The summed E-state index contributed by atoms with van der Waals surface area (Å²) in [4.78, 5) is 23.7. The van der Waals surface area contributed by atoms with Gasteiger partial charge in [-0.1, -0.05) is 23.4 Å². The third kappa shape index (κ3) is 4.85. The van der Waals surface area contributed by atoms with Crippen molar-refractivity contribution >= 4 is 21.9 Å². The second-order valence-corrected chi connectivity index (χ2v) is 10.2. The lowest BCUT2D eigenvalue weighted by molar-refractivity contribution is -0.145. The maximum absolute atomic E-state index is 12.8. The van der Waals surface area contributed by atoms with Gasteiger partial charge in [0.1, 0.15) is 5.69 Å². The monoisotopic (exact) mass is 517 g/mol. The number of rotatable bonds is 7. The van der Waals surface area contributed by atoms with Gasteiger partial charge >= 0.3 is 5.97 Å². The van der Waals surface area contributed by atoms with Gasteiger partial charge in [0, 0.05) is 18.7 Å². The summed E-state index contributed by atoms with van der Waals surface area (Å²) in [5, 5.41) is 26.2. The minimum atomic E-state index is -3.90. The molecule has 3 N–H and O–H groups in total. The van der Waals surface area contributed by atoms with Gasteiger partial charge in [-0.3, -0.25) is 4.79 Å². The molecule has 14 heteroatoms. The lowest BCUT2D eigenvalue weighted by Crippen LogP contribution is -2.52. The zero-order valence-corrected chi connectivity index (χ0v) is 19.9. The molecule has 0 spiro atoms. The van der Waals surface area contributed by atoms with Crippen molar-refractivity contribution < 1.29 is 18.3 Å². The number of carboxylic acid groups (broad SMARTS) is 1. The average molecular weight is 518 g/mol. The van der Waals surface area contributed by atoms with E-state index in [1.807, 2.05) is 0 Å². The first-order chi connectivity index (χ1) is 17.7. The number of hydrogen-bond acceptors (Lipinski definition) is 10. The molecular formula is C23H19N9O4S. The minimum absolute atomic E-state index is 0.0279. The summed E-state index contributed by atoms with van der Waals surface area (Å²) < 4.78 is 28.1. The van der Waals surface area contributed by atoms with Crippen molar-refractivity contribution in [2.24, 2.45) is 5.92 Å². The first-order valence-corrected chi connectivity index (χ1v) is 12.4. The number of hydrogen-bond donors (Lipinski definition) is 2. The molecule has 5 rings (SSSR count). The van der Waals surface area contributed by atoms with Crippen LogP contribution in [0, 0.1) is 17.2 Å². The van der Waals surface area contributed by atoms with Gasteiger partial charge in [-0.15, -0.1) is 5.10 Å². The van der Waals surface area contributed by atoms with E-state index < -0.39 is 21.9 Å². The molecule has 0 amide bonds. The number of benzene rings is 1. The van der Waals surface area contributed by atoms with E-state index in [1.54, 1.807) is 48.7 Å². The van der Waals surface area contributed by atoms with Crippen LogP contribution in [0.4, 0.5) is 5.95 Å². The SMILES string of the molecule is N#Cc1cccc(-c2cc(-c3cn(Cc4cccc(S(=O)(=O)N5CC(C(=O)O)C5)n4)nn3)nc(N)n2)c1. The van der Waals surface area contributed by atoms with E-state index in [9.17, 15) is 13.2 Å². The van der Waals surface area contributed by atoms with E-state index in [2.05, 4.69) is 31.3 Å². The summed E-state index contributed by atoms with van der Waals surface area (Å²) in [7, 11) is -3.90. The lowest BCUT2D eigenvalue weighted by atomic mass is 10.0. The van der Waals surface area contributed by atoms with E-state index in [0.717, 1.165) is 4.31 Å². The first kappa shape index (κ1) is 24.0. The minimum Gasteiger partial charge on any atom is -0.481 e. The number of carbonyl (C=O) groups is 1. The predicted molar refractivity (Wildman–Crippen MR) is 129 cm³/mol. The number of nitriles is 1. The quantitative estimate of drug-likeness (QED) is 0.355. The molecule has 1 aliphatic rings. The summed E-state index contributed by atoms with van der Waals surface area (Å²) in [5.41, 5.74) is 8.86. The predicted octanol–water partition coefficient (Wildman–Crippen LogP) is 1.00. The van der Waals surface area contributed by atoms with Gasteiger partial charge in [0.25, 0.3) is 10.0 Å². The Morgan fingerprint density at radius 2 is 1.84 bits per heavy atom. The van der Waals surface area contributed by atoms with Crippen molar-refractivity contribution in [1.29, 1.82) is 5.26 Å². The number of carboxylic acids is 1. The molecule has 3 aromatic heterocycles. The Kier molecular flexibility index (Phi) is 6.07. The Labute approximate surface area is 210 Å². The van der Waals surface area contributed by atoms with Gasteiger partial charge in [-0.2, -0.15) is 9.57 Å². The zero-order valence-electron chi connectivity index (χ0n) is 19.1. The molecule has 0 atom stereocenters. The highest BCUT2D eigenvalue weighted by molar-refractivity contribution is 7.89. The van der Waals surface area contributed by atoms with Gasteiger partial charge in [0.2, 0.25) is 5.95 Å². The summed E-state index contributed by atoms with van der Waals surface area (Å²) in [6, 6.07) is 15.3. The molecule has 37 heavy (non-hydrogen) atoms. The molecular weight excluding hydrogens is 498 g/mol. The standard InChI is InChI=1S/C23H19N9O4S/c24-9-14-3-1-4-15(7-14)18-8-19(28-23(25)27-18)20-13-31(30-29-20)12-17-5-2-6-21(26-17)37(35,36)32-10-16(11-32)22(33)34/h1-8,13,16H,10-12H2,(H,33,34)(H2,25,27,28). The second kappa shape index (κ2) is 9.37. The Morgan fingerprint density at radius 1 is 1.08 bits per heavy atom. The molecule has 13 nitrogen and oxygen atoms in total. The molecule has 1 aliphatic heterocycles. The lowest BCUT2D eigenvalue weighted by Gasteiger charge is -2.34. The Bertz CT molecular complexity index is 1660. The zero-order chi connectivity index (χ0) is 26.2. The fourth-order valence-corrected chi connectivity index (χ4v) is 5.26. The highest BCUT2D eigenvalue weighted by Crippen LogP contribution is 2.26. The number of aromatic nitrogens is 6. The Morgan fingerprint density at radius 3 is 2.59 bits per heavy atom. The summed E-state index contributed by atoms with van der Waals surface area (Å²) >= 11 is 0. The van der Waals surface area contributed by atoms with Gasteiger partial charge in [0.05, 0.1) is 47.4 Å². The van der Waals surface area contributed by atoms with Crippen LogP contribution in [0.25, 0.3) is 22.6 Å². The maximum atomic E-state index is 12.8. The number of anilines is 1. The van der Waals surface area contributed by atoms with E-state index in [4.69, 9.17) is 16.1 Å². The van der Waals surface area contributed by atoms with Crippen molar-refractivity contribution in [3.05, 3.63) is 66.0 Å². The number of nitrogen functional groups attached to an aromatic ring is 1. The third-order valence-electron chi connectivity index (χ3n) is 5.74. The van der Waals surface area contributed by atoms with Crippen molar-refractivity contribution in [2.75, 3.05) is 18.8 Å². The number of aliphatic carboxylic acids is 1. The third-order valence-corrected chi connectivity index (χ3v) is 7.47. The largest absolute Gasteiger partial charge is 0.481 e. The molecule has 0 bridgehead atoms. The number of nitrogens with two attached hydrogens (primary N) is 1. The van der Waals surface area contributed by atoms with E-state index >= 15 is 0 Å². The normalized spacial score (nSPS) is 14.1. The van der Waals surface area contributed by atoms with Crippen LogP contribution in [0.5, 0.6) is 0 Å². The molecule has 0 aliphatic carbocycles. The molecule has 0 unspecified atom stereocenters. The van der Waals surface area contributed by atoms with Gasteiger partial charge in [-0.05, 0) is 30.3 Å². The maximum Gasteiger partial charge on any atom is 0.309 e. The van der Waals surface area contributed by atoms with Gasteiger partial charge < -0.3 is 10.8 Å². The molecule has 186 valence electrons. The molecule has 1 fully saturated rings. The number of sulfonamides is 1. The van der Waals surface area contributed by atoms with Crippen molar-refractivity contribution in [3.63, 3.8) is 0 Å². The van der Waals surface area contributed by atoms with Crippen LogP contribution in [-0.4, -0.2) is 66.8 Å². The molecule has 1 aromatic carbocycles. The summed E-state index contributed by atoms with van der Waals surface area (Å²) in [5.74, 6) is -1.71. The van der Waals surface area contributed by atoms with E-state index in [-0.39, 0.29) is 30.6 Å². The van der Waals surface area contributed by atoms with Crippen LogP contribution in [0.2, 0.25) is 0 Å². The van der Waals surface area contributed by atoms with Crippen LogP contribution in [0.15, 0.2) is 59.8 Å². The number of pyridine rings is 1. The Balaban J connectivity index is 1.36. The fraction of sp³-hybridized carbons (Fsp3) is 0.174. The van der Waals surface area contributed by atoms with E-state index in [1.165, 1.54) is 10.7 Å². The molecule has 0 saturated carbocycles. The van der Waals surface area contributed by atoms with Crippen LogP contribution in [-0.2, 0) is 21.4 Å². The first-order valence-electron chi connectivity index (χ1n) is 11.0. The van der Waals surface area contributed by atoms with Crippen LogP contribution in [0.1, 0.15) is 11.3 Å². The van der Waals surface area contributed by atoms with Crippen molar-refractivity contribution in [2.45, 2.75) is 11.6 Å². The van der Waals surface area contributed by atoms with Crippen molar-refractivity contribution in [3.8, 4) is 28.7 Å². The number of nitrogens with zero attached hydrogens (tertiary/aromatic N) is 8. The van der Waals surface area contributed by atoms with Crippen LogP contribution < -0.4 is 5.73 Å². The molecule has 1 saturated heterocycles. The van der Waals surface area contributed by atoms with Gasteiger partial charge in [-0.25, -0.2) is 28.1 Å². The van der Waals surface area contributed by atoms with Crippen LogP contribution >= 0.6 is 0 Å². The Hall–Kier alpha value is -4.74. The smallest absolute Gasteiger partial charge is 0.309 e. The topological polar surface area (TPSA) is 194 Å². The fourth-order valence-electron chi connectivity index (χ4n) is 3.76. The highest BCUT2D eigenvalue weighted by atomic mass is 32.2. The molecule has 4 heterocycles. The van der Waals surface area contributed by atoms with Gasteiger partial charge in [0.15, 0.2) is 5.03 Å². The average Bonchev–Trinajstić information content (AvgIpc) is 3.31. The second-order valence-electron chi connectivity index (χ2n) is 8.31.